The number of fused-ring (bicyclic) bond motifs is 3. The Hall–Kier alpha value is -6.62. The van der Waals surface area contributed by atoms with Gasteiger partial charge in [-0.1, -0.05) is 127 Å². The summed E-state index contributed by atoms with van der Waals surface area (Å²) in [4.78, 5) is 22.8. The van der Waals surface area contributed by atoms with Crippen molar-refractivity contribution in [1.82, 2.24) is 29.5 Å². The summed E-state index contributed by atoms with van der Waals surface area (Å²) in [7, 11) is 0. The molecule has 0 radical (unpaired) electrons. The van der Waals surface area contributed by atoms with Crippen LogP contribution in [-0.4, -0.2) is 29.5 Å². The van der Waals surface area contributed by atoms with Crippen molar-refractivity contribution in [2.24, 2.45) is 0 Å². The molecule has 71 heavy (non-hydrogen) atoms. The number of rotatable bonds is 13. The van der Waals surface area contributed by atoms with Crippen LogP contribution >= 0.6 is 0 Å². The van der Waals surface area contributed by atoms with Crippen molar-refractivity contribution < 1.29 is 51.0 Å². The number of benzene rings is 6. The van der Waals surface area contributed by atoms with Crippen LogP contribution in [0.2, 0.25) is 0 Å². The van der Waals surface area contributed by atoms with Crippen LogP contribution in [0.15, 0.2) is 146 Å². The molecule has 10 rings (SSSR count). The molecule has 8 nitrogen and oxygen atoms in total. The maximum Gasteiger partial charge on any atom is 2.00 e. The summed E-state index contributed by atoms with van der Waals surface area (Å²) in [6.45, 7) is 18.0. The van der Waals surface area contributed by atoms with Crippen molar-refractivity contribution in [3.63, 3.8) is 0 Å². The van der Waals surface area contributed by atoms with E-state index in [9.17, 15) is 0 Å². The average molecular weight is 1200 g/mol. The molecule has 0 aliphatic carbocycles. The van der Waals surface area contributed by atoms with Gasteiger partial charge in [-0.25, -0.2) is 15.0 Å². The van der Waals surface area contributed by atoms with E-state index in [1.54, 1.807) is 0 Å². The third-order valence-electron chi connectivity index (χ3n) is 12.6. The Kier molecular flexibility index (Phi) is 15.6. The Morgan fingerprint density at radius 1 is 0.437 bits per heavy atom. The summed E-state index contributed by atoms with van der Waals surface area (Å²) in [6.07, 6.45) is 6.71. The molecule has 10 aromatic rings. The van der Waals surface area contributed by atoms with Crippen LogP contribution in [0.5, 0.6) is 23.0 Å². The van der Waals surface area contributed by atoms with Crippen molar-refractivity contribution in [2.75, 3.05) is 0 Å². The van der Waals surface area contributed by atoms with Gasteiger partial charge in [-0.15, -0.1) is 71.8 Å². The molecule has 4 heterocycles. The van der Waals surface area contributed by atoms with Crippen LogP contribution in [0.25, 0.3) is 72.5 Å². The summed E-state index contributed by atoms with van der Waals surface area (Å²) >= 11 is 0. The first-order valence-corrected chi connectivity index (χ1v) is 23.7. The van der Waals surface area contributed by atoms with Gasteiger partial charge in [0.25, 0.3) is 0 Å². The second-order valence-corrected chi connectivity index (χ2v) is 18.6. The van der Waals surface area contributed by atoms with Crippen LogP contribution in [0.1, 0.15) is 101 Å². The summed E-state index contributed by atoms with van der Waals surface area (Å²) in [5.41, 5.74) is 14.8. The molecule has 0 spiro atoms. The number of ether oxygens (including phenoxy) is 2. The molecule has 0 atom stereocenters. The zero-order valence-corrected chi connectivity index (χ0v) is 44.6. The monoisotopic (exact) mass is 1200 g/mol. The number of nitrogens with zero attached hydrogens (tertiary/aromatic N) is 6. The third kappa shape index (κ3) is 10.4. The molecular weight excluding hydrogens is 1150 g/mol. The predicted molar refractivity (Wildman–Crippen MR) is 276 cm³/mol. The fraction of sp³-hybridized carbons (Fsp3) is 0.197. The van der Waals surface area contributed by atoms with E-state index in [-0.39, 0.29) is 41.5 Å². The molecule has 0 bridgehead atoms. The van der Waals surface area contributed by atoms with Crippen molar-refractivity contribution in [2.45, 2.75) is 79.1 Å². The van der Waals surface area contributed by atoms with Crippen LogP contribution in [0.4, 0.5) is 0 Å². The molecule has 10 heteroatoms. The van der Waals surface area contributed by atoms with Gasteiger partial charge in [0.1, 0.15) is 12.7 Å². The molecule has 0 saturated heterocycles. The molecular formula is C61H52N6O2PdPt. The van der Waals surface area contributed by atoms with Crippen molar-refractivity contribution in [3.8, 4) is 73.7 Å². The Labute approximate surface area is 444 Å². The van der Waals surface area contributed by atoms with Gasteiger partial charge in [0.15, 0.2) is 0 Å². The summed E-state index contributed by atoms with van der Waals surface area (Å²) in [5, 5.41) is 1.84. The standard InChI is InChI=1S/C61H52N6O2.Pd.Pt/c1-37(2)49-17-11-18-50(38(3)4)59(49)43-25-27-63-55(31-43)41-13-9-15-45(29-41)68-47-21-23-53-54-24-22-48(34-58(54)67(57(53)33-47)61-65-35-62-36-66-61)69-46-16-10-14-42(30-46)56-32-44(26-28-64-56)60-51(39(5)6)19-12-20-52(60)40(7)8;;/h9-28,31-32,35-40H,1-8H3;;/q-4;2*+2. The molecule has 0 amide bonds. The van der Waals surface area contributed by atoms with E-state index >= 15 is 0 Å². The first-order chi connectivity index (χ1) is 33.5. The van der Waals surface area contributed by atoms with Crippen LogP contribution < -0.4 is 9.47 Å². The SMILES string of the molecule is CC(C)c1cccc(C(C)C)c1-c1ccnc(-c2[c-]c(Oc3[c-]c4c(cc3)c3ccc(Oc5[c-]c(-c6cc(-c7c(C(C)C)cccc7C(C)C)ccn6)ccc5)[c-]c3n4-c3ncncn3)ccc2)c1.[Pd+2].[Pt+2]. The Morgan fingerprint density at radius 3 is 1.21 bits per heavy atom. The third-order valence-corrected chi connectivity index (χ3v) is 12.6. The van der Waals surface area contributed by atoms with Crippen molar-refractivity contribution in [1.29, 1.82) is 0 Å². The predicted octanol–water partition coefficient (Wildman–Crippen LogP) is 15.7. The molecule has 0 fully saturated rings. The van der Waals surface area contributed by atoms with Gasteiger partial charge >= 0.3 is 41.5 Å². The zero-order valence-electron chi connectivity index (χ0n) is 40.8. The van der Waals surface area contributed by atoms with Gasteiger partial charge in [0.05, 0.1) is 0 Å². The molecule has 358 valence electrons. The van der Waals surface area contributed by atoms with Crippen LogP contribution in [0.3, 0.4) is 0 Å². The minimum atomic E-state index is 0. The smallest absolute Gasteiger partial charge is 0.503 e. The maximum absolute atomic E-state index is 6.52. The molecule has 0 unspecified atom stereocenters. The van der Waals surface area contributed by atoms with E-state index in [0.717, 1.165) is 44.4 Å². The van der Waals surface area contributed by atoms with E-state index in [1.165, 1.54) is 46.0 Å². The fourth-order valence-electron chi connectivity index (χ4n) is 9.28. The molecule has 0 aliphatic rings. The number of aromatic nitrogens is 6. The Bertz CT molecular complexity index is 3240. The first-order valence-electron chi connectivity index (χ1n) is 23.7. The second-order valence-electron chi connectivity index (χ2n) is 18.6. The minimum absolute atomic E-state index is 0. The summed E-state index contributed by atoms with van der Waals surface area (Å²) in [5.74, 6) is 3.96. The summed E-state index contributed by atoms with van der Waals surface area (Å²) in [6, 6.07) is 55.4. The minimum Gasteiger partial charge on any atom is -0.503 e. The van der Waals surface area contributed by atoms with Crippen LogP contribution in [-0.2, 0) is 41.5 Å². The Balaban J connectivity index is 0.00000338. The molecule has 6 aromatic carbocycles. The summed E-state index contributed by atoms with van der Waals surface area (Å²) < 4.78 is 14.9. The van der Waals surface area contributed by atoms with E-state index in [1.807, 2.05) is 77.6 Å². The quantitative estimate of drug-likeness (QED) is 0.0839. The number of pyridine rings is 2. The van der Waals surface area contributed by atoms with Gasteiger partial charge in [0, 0.05) is 35.4 Å². The van der Waals surface area contributed by atoms with Crippen molar-refractivity contribution >= 4 is 21.8 Å². The normalized spacial score (nSPS) is 11.4. The Morgan fingerprint density at radius 2 is 0.817 bits per heavy atom. The number of hydrogen-bond acceptors (Lipinski definition) is 7. The molecule has 0 saturated carbocycles. The molecule has 4 aromatic heterocycles. The van der Waals surface area contributed by atoms with E-state index in [0.29, 0.717) is 63.7 Å². The van der Waals surface area contributed by atoms with Gasteiger partial charge in [-0.2, -0.15) is 22.9 Å². The van der Waals surface area contributed by atoms with Gasteiger partial charge in [-0.3, -0.25) is 0 Å². The van der Waals surface area contributed by atoms with Gasteiger partial charge in [-0.05, 0) is 91.7 Å². The molecule has 0 N–H and O–H groups in total. The van der Waals surface area contributed by atoms with E-state index in [4.69, 9.17) is 19.4 Å². The van der Waals surface area contributed by atoms with Gasteiger partial charge in [0.2, 0.25) is 5.95 Å². The second kappa shape index (κ2) is 21.8. The van der Waals surface area contributed by atoms with E-state index < -0.39 is 0 Å². The zero-order chi connectivity index (χ0) is 47.8. The largest absolute Gasteiger partial charge is 2.00 e. The first kappa shape index (κ1) is 50.8. The fourth-order valence-corrected chi connectivity index (χ4v) is 9.28. The topological polar surface area (TPSA) is 87.8 Å². The van der Waals surface area contributed by atoms with Gasteiger partial charge < -0.3 is 24.0 Å². The van der Waals surface area contributed by atoms with Crippen molar-refractivity contribution in [3.05, 3.63) is 193 Å². The molecule has 0 aliphatic heterocycles. The van der Waals surface area contributed by atoms with E-state index in [2.05, 4.69) is 155 Å². The maximum atomic E-state index is 6.52. The number of hydrogen-bond donors (Lipinski definition) is 0. The van der Waals surface area contributed by atoms with Crippen LogP contribution in [0, 0.1) is 24.3 Å². The average Bonchev–Trinajstić information content (AvgIpc) is 3.69.